The van der Waals surface area contributed by atoms with E-state index in [-0.39, 0.29) is 36.0 Å². The summed E-state index contributed by atoms with van der Waals surface area (Å²) in [7, 11) is 0. The summed E-state index contributed by atoms with van der Waals surface area (Å²) in [5.74, 6) is 1.11. The molecule has 1 unspecified atom stereocenters. The van der Waals surface area contributed by atoms with Crippen molar-refractivity contribution in [2.45, 2.75) is 45.3 Å². The van der Waals surface area contributed by atoms with Gasteiger partial charge in [0.15, 0.2) is 5.96 Å². The van der Waals surface area contributed by atoms with E-state index >= 15 is 0 Å². The van der Waals surface area contributed by atoms with Crippen LogP contribution in [0.2, 0.25) is 0 Å². The third-order valence-corrected chi connectivity index (χ3v) is 5.50. The summed E-state index contributed by atoms with van der Waals surface area (Å²) in [5, 5.41) is 3.39. The monoisotopic (exact) mass is 544 g/mol. The summed E-state index contributed by atoms with van der Waals surface area (Å²) in [6.07, 6.45) is 3.63. The number of hydrogen-bond acceptors (Lipinski definition) is 4. The van der Waals surface area contributed by atoms with Gasteiger partial charge in [0.1, 0.15) is 6.10 Å². The standard InChI is InChI=1S/C23H36N4O3.HI/c1-2-24-23(25-12-6-7-17-29-19-20-9-4-3-5-10-20)27-15-13-26(14-16-27)22(28)21-11-8-18-30-21;/h3-5,9-10,21H,2,6-8,11-19H2,1H3,(H,24,25);1H. The number of nitrogens with one attached hydrogen (secondary N) is 1. The smallest absolute Gasteiger partial charge is 0.251 e. The molecule has 3 rings (SSSR count). The predicted molar refractivity (Wildman–Crippen MR) is 134 cm³/mol. The molecule has 0 aromatic heterocycles. The number of ether oxygens (including phenoxy) is 2. The number of hydrogen-bond donors (Lipinski definition) is 1. The van der Waals surface area contributed by atoms with E-state index in [0.29, 0.717) is 13.2 Å². The number of aliphatic imine (C=N–C) groups is 1. The largest absolute Gasteiger partial charge is 0.377 e. The number of unbranched alkanes of at least 4 members (excludes halogenated alkanes) is 1. The summed E-state index contributed by atoms with van der Waals surface area (Å²) >= 11 is 0. The molecule has 2 heterocycles. The summed E-state index contributed by atoms with van der Waals surface area (Å²) in [4.78, 5) is 21.5. The van der Waals surface area contributed by atoms with Crippen molar-refractivity contribution in [1.82, 2.24) is 15.1 Å². The van der Waals surface area contributed by atoms with Gasteiger partial charge in [0.25, 0.3) is 5.91 Å². The maximum absolute atomic E-state index is 12.5. The maximum atomic E-state index is 12.5. The predicted octanol–water partition coefficient (Wildman–Crippen LogP) is 2.89. The van der Waals surface area contributed by atoms with Gasteiger partial charge in [-0.25, -0.2) is 0 Å². The fourth-order valence-electron chi connectivity index (χ4n) is 3.81. The zero-order valence-corrected chi connectivity index (χ0v) is 21.0. The van der Waals surface area contributed by atoms with E-state index in [1.165, 1.54) is 5.56 Å². The van der Waals surface area contributed by atoms with Crippen LogP contribution in [0, 0.1) is 0 Å². The molecule has 8 heteroatoms. The van der Waals surface area contributed by atoms with Crippen molar-refractivity contribution in [2.75, 3.05) is 52.5 Å². The molecule has 2 aliphatic rings. The summed E-state index contributed by atoms with van der Waals surface area (Å²) in [5.41, 5.74) is 1.21. The molecule has 0 saturated carbocycles. The van der Waals surface area contributed by atoms with Crippen molar-refractivity contribution in [3.05, 3.63) is 35.9 Å². The second-order valence-electron chi connectivity index (χ2n) is 7.79. The molecule has 7 nitrogen and oxygen atoms in total. The fraction of sp³-hybridized carbons (Fsp3) is 0.652. The quantitative estimate of drug-likeness (QED) is 0.224. The average Bonchev–Trinajstić information content (AvgIpc) is 3.33. The molecular weight excluding hydrogens is 507 g/mol. The molecule has 1 N–H and O–H groups in total. The first kappa shape index (κ1) is 25.9. The Morgan fingerprint density at radius 2 is 1.90 bits per heavy atom. The molecule has 2 saturated heterocycles. The topological polar surface area (TPSA) is 66.4 Å². The minimum absolute atomic E-state index is 0. The van der Waals surface area contributed by atoms with Crippen molar-refractivity contribution in [3.8, 4) is 0 Å². The van der Waals surface area contributed by atoms with Crippen molar-refractivity contribution in [2.24, 2.45) is 4.99 Å². The van der Waals surface area contributed by atoms with Crippen LogP contribution in [0.5, 0.6) is 0 Å². The van der Waals surface area contributed by atoms with Gasteiger partial charge in [-0.15, -0.1) is 24.0 Å². The van der Waals surface area contributed by atoms with Crippen LogP contribution in [0.25, 0.3) is 0 Å². The highest BCUT2D eigenvalue weighted by atomic mass is 127. The Morgan fingerprint density at radius 3 is 2.58 bits per heavy atom. The van der Waals surface area contributed by atoms with E-state index < -0.39 is 0 Å². The van der Waals surface area contributed by atoms with Gasteiger partial charge in [-0.3, -0.25) is 9.79 Å². The molecule has 31 heavy (non-hydrogen) atoms. The van der Waals surface area contributed by atoms with Crippen LogP contribution in [-0.2, 0) is 20.9 Å². The normalized spacial score (nSPS) is 19.3. The number of carbonyl (C=O) groups excluding carboxylic acids is 1. The van der Waals surface area contributed by atoms with Gasteiger partial charge in [-0.2, -0.15) is 0 Å². The lowest BCUT2D eigenvalue weighted by molar-refractivity contribution is -0.142. The highest BCUT2D eigenvalue weighted by molar-refractivity contribution is 14.0. The number of nitrogens with zero attached hydrogens (tertiary/aromatic N) is 3. The molecule has 1 amide bonds. The SMILES string of the molecule is CCNC(=NCCCCOCc1ccccc1)N1CCN(C(=O)C2CCCO2)CC1.I. The second kappa shape index (κ2) is 14.6. The number of carbonyl (C=O) groups is 1. The molecule has 0 radical (unpaired) electrons. The third kappa shape index (κ3) is 8.57. The van der Waals surface area contributed by atoms with Gasteiger partial charge < -0.3 is 24.6 Å². The summed E-state index contributed by atoms with van der Waals surface area (Å²) in [6.45, 7) is 8.93. The highest BCUT2D eigenvalue weighted by Crippen LogP contribution is 2.16. The van der Waals surface area contributed by atoms with Crippen LogP contribution in [0.3, 0.4) is 0 Å². The van der Waals surface area contributed by atoms with Crippen molar-refractivity contribution in [1.29, 1.82) is 0 Å². The fourth-order valence-corrected chi connectivity index (χ4v) is 3.81. The average molecular weight is 544 g/mol. The summed E-state index contributed by atoms with van der Waals surface area (Å²) in [6, 6.07) is 10.3. The molecule has 2 fully saturated rings. The molecule has 0 aliphatic carbocycles. The van der Waals surface area contributed by atoms with Gasteiger partial charge in [0, 0.05) is 52.5 Å². The van der Waals surface area contributed by atoms with Crippen LogP contribution in [0.15, 0.2) is 35.3 Å². The lowest BCUT2D eigenvalue weighted by Gasteiger charge is -2.37. The Labute approximate surface area is 203 Å². The number of halogens is 1. The number of piperazine rings is 1. The molecule has 1 aromatic rings. The van der Waals surface area contributed by atoms with Gasteiger partial charge in [0.05, 0.1) is 6.61 Å². The number of guanidine groups is 1. The van der Waals surface area contributed by atoms with Gasteiger partial charge >= 0.3 is 0 Å². The lowest BCUT2D eigenvalue weighted by atomic mass is 10.2. The Bertz CT molecular complexity index is 660. The number of benzene rings is 1. The van der Waals surface area contributed by atoms with E-state index in [1.54, 1.807) is 0 Å². The van der Waals surface area contributed by atoms with E-state index in [4.69, 9.17) is 14.5 Å². The molecule has 1 atom stereocenters. The Balaban J connectivity index is 0.00000341. The first-order valence-electron chi connectivity index (χ1n) is 11.3. The van der Waals surface area contributed by atoms with Crippen LogP contribution in [0.1, 0.15) is 38.2 Å². The zero-order chi connectivity index (χ0) is 21.0. The van der Waals surface area contributed by atoms with Gasteiger partial charge in [0.2, 0.25) is 0 Å². The van der Waals surface area contributed by atoms with Crippen molar-refractivity contribution >= 4 is 35.8 Å². The minimum Gasteiger partial charge on any atom is -0.377 e. The van der Waals surface area contributed by atoms with E-state index in [9.17, 15) is 4.79 Å². The Kier molecular flexibility index (Phi) is 12.2. The van der Waals surface area contributed by atoms with E-state index in [0.717, 1.165) is 77.5 Å². The van der Waals surface area contributed by atoms with E-state index in [2.05, 4.69) is 29.3 Å². The second-order valence-corrected chi connectivity index (χ2v) is 7.79. The third-order valence-electron chi connectivity index (χ3n) is 5.50. The van der Waals surface area contributed by atoms with E-state index in [1.807, 2.05) is 23.1 Å². The maximum Gasteiger partial charge on any atom is 0.251 e. The first-order valence-corrected chi connectivity index (χ1v) is 11.3. The molecule has 0 spiro atoms. The van der Waals surface area contributed by atoms with Crippen LogP contribution >= 0.6 is 24.0 Å². The van der Waals surface area contributed by atoms with Crippen molar-refractivity contribution in [3.63, 3.8) is 0 Å². The molecule has 1 aromatic carbocycles. The minimum atomic E-state index is -0.220. The van der Waals surface area contributed by atoms with Crippen LogP contribution < -0.4 is 5.32 Å². The van der Waals surface area contributed by atoms with Crippen LogP contribution in [0.4, 0.5) is 0 Å². The molecule has 0 bridgehead atoms. The Morgan fingerprint density at radius 1 is 1.16 bits per heavy atom. The zero-order valence-electron chi connectivity index (χ0n) is 18.6. The lowest BCUT2D eigenvalue weighted by Crippen LogP contribution is -2.55. The van der Waals surface area contributed by atoms with Crippen LogP contribution in [-0.4, -0.2) is 80.3 Å². The first-order chi connectivity index (χ1) is 14.8. The molecule has 2 aliphatic heterocycles. The van der Waals surface area contributed by atoms with Gasteiger partial charge in [-0.1, -0.05) is 30.3 Å². The molecular formula is C23H37IN4O3. The number of amides is 1. The summed E-state index contributed by atoms with van der Waals surface area (Å²) < 4.78 is 11.3. The van der Waals surface area contributed by atoms with Crippen molar-refractivity contribution < 1.29 is 14.3 Å². The van der Waals surface area contributed by atoms with Gasteiger partial charge in [-0.05, 0) is 38.2 Å². The Hall–Kier alpha value is -1.39. The molecule has 174 valence electrons. The number of rotatable bonds is 9. The highest BCUT2D eigenvalue weighted by Gasteiger charge is 2.30.